The Labute approximate surface area is 164 Å². The van der Waals surface area contributed by atoms with Crippen molar-refractivity contribution in [2.45, 2.75) is 43.1 Å². The number of hydrogen-bond donors (Lipinski definition) is 1. The lowest BCUT2D eigenvalue weighted by Crippen LogP contribution is -2.32. The summed E-state index contributed by atoms with van der Waals surface area (Å²) in [6, 6.07) is 19.0. The van der Waals surface area contributed by atoms with Crippen molar-refractivity contribution in [2.24, 2.45) is 0 Å². The maximum absolute atomic E-state index is 12.4. The molecule has 1 saturated carbocycles. The fraction of sp³-hybridized carbons (Fsp3) is 0.273. The number of thioether (sulfide) groups is 1. The first kappa shape index (κ1) is 17.9. The van der Waals surface area contributed by atoms with E-state index < -0.39 is 0 Å². The number of amides is 1. The van der Waals surface area contributed by atoms with Crippen LogP contribution in [0, 0.1) is 6.92 Å². The SMILES string of the molecule is Cc1ccc(-n2c(-c3ccccc3)cnc2SC(C)C(=O)NC2CC2)cc1. The predicted molar refractivity (Wildman–Crippen MR) is 110 cm³/mol. The second-order valence-corrected chi connectivity index (χ2v) is 8.31. The molecule has 138 valence electrons. The summed E-state index contributed by atoms with van der Waals surface area (Å²) in [5, 5.41) is 3.72. The average Bonchev–Trinajstić information content (AvgIpc) is 3.40. The summed E-state index contributed by atoms with van der Waals surface area (Å²) >= 11 is 1.50. The molecule has 1 unspecified atom stereocenters. The first-order chi connectivity index (χ1) is 13.1. The standard InChI is InChI=1S/C22H23N3OS/c1-15-8-12-19(13-9-15)25-20(17-6-4-3-5-7-17)14-23-22(25)27-16(2)21(26)24-18-10-11-18/h3-9,12-14,16,18H,10-11H2,1-2H3,(H,24,26). The molecule has 1 fully saturated rings. The first-order valence-corrected chi connectivity index (χ1v) is 10.2. The van der Waals surface area contributed by atoms with E-state index in [9.17, 15) is 4.79 Å². The molecule has 4 nitrogen and oxygen atoms in total. The second kappa shape index (κ2) is 7.61. The van der Waals surface area contributed by atoms with Crippen LogP contribution in [-0.4, -0.2) is 26.8 Å². The molecule has 5 heteroatoms. The first-order valence-electron chi connectivity index (χ1n) is 9.29. The van der Waals surface area contributed by atoms with E-state index in [0.29, 0.717) is 6.04 Å². The largest absolute Gasteiger partial charge is 0.352 e. The van der Waals surface area contributed by atoms with E-state index in [1.54, 1.807) is 0 Å². The molecule has 1 amide bonds. The van der Waals surface area contributed by atoms with Gasteiger partial charge in [0.2, 0.25) is 5.91 Å². The zero-order valence-corrected chi connectivity index (χ0v) is 16.4. The van der Waals surface area contributed by atoms with Gasteiger partial charge in [0.05, 0.1) is 17.1 Å². The normalized spacial score (nSPS) is 14.7. The van der Waals surface area contributed by atoms with Gasteiger partial charge in [0, 0.05) is 17.3 Å². The molecule has 27 heavy (non-hydrogen) atoms. The monoisotopic (exact) mass is 377 g/mol. The van der Waals surface area contributed by atoms with Gasteiger partial charge in [0.15, 0.2) is 5.16 Å². The van der Waals surface area contributed by atoms with E-state index in [1.807, 2.05) is 31.3 Å². The highest BCUT2D eigenvalue weighted by molar-refractivity contribution is 8.00. The molecule has 2 aromatic carbocycles. The number of hydrogen-bond acceptors (Lipinski definition) is 3. The van der Waals surface area contributed by atoms with Crippen molar-refractivity contribution in [1.29, 1.82) is 0 Å². The van der Waals surface area contributed by atoms with Gasteiger partial charge in [-0.15, -0.1) is 0 Å². The molecular weight excluding hydrogens is 354 g/mol. The van der Waals surface area contributed by atoms with Gasteiger partial charge in [0.25, 0.3) is 0 Å². The minimum atomic E-state index is -0.194. The Morgan fingerprint density at radius 1 is 1.15 bits per heavy atom. The molecule has 1 aliphatic carbocycles. The Morgan fingerprint density at radius 2 is 1.85 bits per heavy atom. The third-order valence-electron chi connectivity index (χ3n) is 4.67. The number of aromatic nitrogens is 2. The fourth-order valence-electron chi connectivity index (χ4n) is 2.93. The zero-order chi connectivity index (χ0) is 18.8. The summed E-state index contributed by atoms with van der Waals surface area (Å²) < 4.78 is 2.14. The highest BCUT2D eigenvalue weighted by Crippen LogP contribution is 2.32. The highest BCUT2D eigenvalue weighted by Gasteiger charge is 2.27. The number of rotatable bonds is 6. The molecule has 4 rings (SSSR count). The van der Waals surface area contributed by atoms with Crippen molar-refractivity contribution in [3.8, 4) is 16.9 Å². The highest BCUT2D eigenvalue weighted by atomic mass is 32.2. The van der Waals surface area contributed by atoms with Gasteiger partial charge in [0.1, 0.15) is 0 Å². The zero-order valence-electron chi connectivity index (χ0n) is 15.6. The third-order valence-corrected chi connectivity index (χ3v) is 5.73. The van der Waals surface area contributed by atoms with Crippen LogP contribution in [0.25, 0.3) is 16.9 Å². The Kier molecular flexibility index (Phi) is 5.03. The van der Waals surface area contributed by atoms with Crippen LogP contribution in [0.3, 0.4) is 0 Å². The summed E-state index contributed by atoms with van der Waals surface area (Å²) in [5.74, 6) is 0.0854. The summed E-state index contributed by atoms with van der Waals surface area (Å²) in [6.45, 7) is 4.02. The number of benzene rings is 2. The molecule has 1 atom stereocenters. The van der Waals surface area contributed by atoms with Crippen molar-refractivity contribution in [3.63, 3.8) is 0 Å². The molecule has 1 N–H and O–H groups in total. The van der Waals surface area contributed by atoms with Gasteiger partial charge in [-0.05, 0) is 38.8 Å². The molecule has 0 aliphatic heterocycles. The predicted octanol–water partition coefficient (Wildman–Crippen LogP) is 4.61. The van der Waals surface area contributed by atoms with Crippen LogP contribution in [-0.2, 0) is 4.79 Å². The number of carbonyl (C=O) groups is 1. The van der Waals surface area contributed by atoms with Crippen LogP contribution in [0.2, 0.25) is 0 Å². The van der Waals surface area contributed by atoms with E-state index in [2.05, 4.69) is 58.2 Å². The summed E-state index contributed by atoms with van der Waals surface area (Å²) in [5.41, 5.74) is 4.39. The number of carbonyl (C=O) groups excluding carboxylic acids is 1. The van der Waals surface area contributed by atoms with Gasteiger partial charge >= 0.3 is 0 Å². The molecule has 1 aliphatic rings. The molecule has 0 bridgehead atoms. The van der Waals surface area contributed by atoms with Crippen molar-refractivity contribution < 1.29 is 4.79 Å². The van der Waals surface area contributed by atoms with E-state index in [-0.39, 0.29) is 11.2 Å². The lowest BCUT2D eigenvalue weighted by molar-refractivity contribution is -0.120. The van der Waals surface area contributed by atoms with Gasteiger partial charge in [-0.3, -0.25) is 9.36 Å². The number of nitrogens with one attached hydrogen (secondary N) is 1. The average molecular weight is 378 g/mol. The topological polar surface area (TPSA) is 46.9 Å². The molecule has 0 spiro atoms. The van der Waals surface area contributed by atoms with Gasteiger partial charge in [-0.1, -0.05) is 59.8 Å². The minimum absolute atomic E-state index is 0.0854. The van der Waals surface area contributed by atoms with Crippen molar-refractivity contribution >= 4 is 17.7 Å². The summed E-state index contributed by atoms with van der Waals surface area (Å²) in [6.07, 6.45) is 4.08. The van der Waals surface area contributed by atoms with E-state index in [4.69, 9.17) is 0 Å². The summed E-state index contributed by atoms with van der Waals surface area (Å²) in [7, 11) is 0. The number of nitrogens with zero attached hydrogens (tertiary/aromatic N) is 2. The van der Waals surface area contributed by atoms with Crippen molar-refractivity contribution in [1.82, 2.24) is 14.9 Å². The molecular formula is C22H23N3OS. The Morgan fingerprint density at radius 3 is 2.52 bits per heavy atom. The Hall–Kier alpha value is -2.53. The van der Waals surface area contributed by atoms with Gasteiger partial charge in [-0.2, -0.15) is 0 Å². The lowest BCUT2D eigenvalue weighted by atomic mass is 10.1. The maximum atomic E-state index is 12.4. The third kappa shape index (κ3) is 4.08. The fourth-order valence-corrected chi connectivity index (χ4v) is 3.85. The molecule has 3 aromatic rings. The van der Waals surface area contributed by atoms with Crippen LogP contribution < -0.4 is 5.32 Å². The number of aryl methyl sites for hydroxylation is 1. The second-order valence-electron chi connectivity index (χ2n) is 7.01. The molecule has 1 heterocycles. The van der Waals surface area contributed by atoms with E-state index in [1.165, 1.54) is 17.3 Å². The Balaban J connectivity index is 1.69. The van der Waals surface area contributed by atoms with Crippen molar-refractivity contribution in [2.75, 3.05) is 0 Å². The molecule has 1 aromatic heterocycles. The quantitative estimate of drug-likeness (QED) is 0.638. The van der Waals surface area contributed by atoms with E-state index in [0.717, 1.165) is 34.9 Å². The maximum Gasteiger partial charge on any atom is 0.233 e. The van der Waals surface area contributed by atoms with Crippen molar-refractivity contribution in [3.05, 3.63) is 66.4 Å². The minimum Gasteiger partial charge on any atom is -0.352 e. The Bertz CT molecular complexity index is 930. The van der Waals surface area contributed by atoms with Gasteiger partial charge < -0.3 is 5.32 Å². The van der Waals surface area contributed by atoms with Crippen LogP contribution in [0.15, 0.2) is 66.0 Å². The van der Waals surface area contributed by atoms with Crippen LogP contribution in [0.5, 0.6) is 0 Å². The molecule has 0 saturated heterocycles. The summed E-state index contributed by atoms with van der Waals surface area (Å²) in [4.78, 5) is 17.1. The van der Waals surface area contributed by atoms with Gasteiger partial charge in [-0.25, -0.2) is 4.98 Å². The van der Waals surface area contributed by atoms with Crippen LogP contribution in [0.4, 0.5) is 0 Å². The van der Waals surface area contributed by atoms with Crippen LogP contribution >= 0.6 is 11.8 Å². The van der Waals surface area contributed by atoms with Crippen LogP contribution in [0.1, 0.15) is 25.3 Å². The van der Waals surface area contributed by atoms with E-state index >= 15 is 0 Å². The smallest absolute Gasteiger partial charge is 0.233 e. The lowest BCUT2D eigenvalue weighted by Gasteiger charge is -2.15. The number of imidazole rings is 1. The molecule has 0 radical (unpaired) electrons.